The van der Waals surface area contributed by atoms with Gasteiger partial charge in [-0.1, -0.05) is 20.8 Å². The Hall–Kier alpha value is -0.750. The van der Waals surface area contributed by atoms with Crippen LogP contribution in [0.5, 0.6) is 0 Å². The highest BCUT2D eigenvalue weighted by Gasteiger charge is 2.60. The van der Waals surface area contributed by atoms with Gasteiger partial charge in [0.2, 0.25) is 5.91 Å². The van der Waals surface area contributed by atoms with Crippen molar-refractivity contribution >= 4 is 26.4 Å². The van der Waals surface area contributed by atoms with Crippen molar-refractivity contribution in [2.75, 3.05) is 12.3 Å². The Balaban J connectivity index is 1.35. The molecular weight excluding hydrogens is 518 g/mol. The van der Waals surface area contributed by atoms with Crippen LogP contribution in [-0.2, 0) is 29.5 Å². The van der Waals surface area contributed by atoms with Crippen molar-refractivity contribution in [2.45, 2.75) is 97.5 Å². The summed E-state index contributed by atoms with van der Waals surface area (Å²) in [7, 11) is -8.49. The van der Waals surface area contributed by atoms with Crippen LogP contribution in [0.25, 0.3) is 0 Å². The van der Waals surface area contributed by atoms with Gasteiger partial charge >= 0.3 is 10.4 Å². The fourth-order valence-electron chi connectivity index (χ4n) is 9.42. The second-order valence-corrected chi connectivity index (χ2v) is 15.6. The first-order chi connectivity index (χ1) is 17.1. The highest BCUT2D eigenvalue weighted by Crippen LogP contribution is 2.68. The molecule has 37 heavy (non-hydrogen) atoms. The molecular formula is C26H45NO8S2. The second-order valence-electron chi connectivity index (χ2n) is 13.0. The quantitative estimate of drug-likeness (QED) is 0.353. The van der Waals surface area contributed by atoms with Gasteiger partial charge in [0.05, 0.1) is 11.9 Å². The van der Waals surface area contributed by atoms with Crippen LogP contribution >= 0.6 is 0 Å². The van der Waals surface area contributed by atoms with Gasteiger partial charge in [0.1, 0.15) is 0 Å². The molecule has 9 nitrogen and oxygen atoms in total. The van der Waals surface area contributed by atoms with Crippen molar-refractivity contribution in [1.82, 2.24) is 5.32 Å². The maximum atomic E-state index is 12.2. The van der Waals surface area contributed by atoms with Crippen LogP contribution < -0.4 is 5.32 Å². The van der Waals surface area contributed by atoms with E-state index in [0.717, 1.165) is 19.3 Å². The van der Waals surface area contributed by atoms with E-state index in [4.69, 9.17) is 13.3 Å². The molecule has 0 aromatic rings. The van der Waals surface area contributed by atoms with Gasteiger partial charge in [-0.25, -0.2) is 4.18 Å². The summed E-state index contributed by atoms with van der Waals surface area (Å²) in [5, 5.41) is 2.60. The summed E-state index contributed by atoms with van der Waals surface area (Å²) in [5.41, 5.74) is 0.448. The zero-order valence-corrected chi connectivity index (χ0v) is 24.0. The van der Waals surface area contributed by atoms with Crippen LogP contribution in [-0.4, -0.2) is 50.2 Å². The normalized spacial score (nSPS) is 40.8. The lowest BCUT2D eigenvalue weighted by molar-refractivity contribution is -0.127. The summed E-state index contributed by atoms with van der Waals surface area (Å²) in [4.78, 5) is 12.2. The summed E-state index contributed by atoms with van der Waals surface area (Å²) in [6.45, 7) is 7.07. The molecule has 4 aliphatic rings. The molecule has 0 aromatic carbocycles. The largest absolute Gasteiger partial charge is 0.397 e. The lowest BCUT2D eigenvalue weighted by atomic mass is 9.44. The Morgan fingerprint density at radius 1 is 0.973 bits per heavy atom. The number of rotatable bonds is 9. The predicted molar refractivity (Wildman–Crippen MR) is 139 cm³/mol. The van der Waals surface area contributed by atoms with E-state index in [-0.39, 0.29) is 23.3 Å². The lowest BCUT2D eigenvalue weighted by Gasteiger charge is -2.61. The molecule has 1 amide bonds. The molecule has 0 aromatic heterocycles. The molecule has 4 saturated carbocycles. The fourth-order valence-corrected chi connectivity index (χ4v) is 10.3. The summed E-state index contributed by atoms with van der Waals surface area (Å²) < 4.78 is 67.2. The molecule has 4 aliphatic carbocycles. The Bertz CT molecular complexity index is 1060. The van der Waals surface area contributed by atoms with Crippen LogP contribution in [0.3, 0.4) is 0 Å². The molecule has 0 bridgehead atoms. The van der Waals surface area contributed by atoms with Gasteiger partial charge in [0, 0.05) is 13.0 Å². The molecule has 4 fully saturated rings. The topological polar surface area (TPSA) is 147 Å². The van der Waals surface area contributed by atoms with E-state index in [1.807, 2.05) is 0 Å². The van der Waals surface area contributed by atoms with E-state index in [0.29, 0.717) is 54.8 Å². The number of carbonyl (C=O) groups excluding carboxylic acids is 1. The van der Waals surface area contributed by atoms with E-state index >= 15 is 0 Å². The van der Waals surface area contributed by atoms with Gasteiger partial charge in [0.15, 0.2) is 0 Å². The molecule has 0 aliphatic heterocycles. The number of nitrogens with one attached hydrogen (secondary N) is 1. The third-order valence-electron chi connectivity index (χ3n) is 11.1. The molecule has 4 rings (SSSR count). The van der Waals surface area contributed by atoms with Crippen molar-refractivity contribution in [3.8, 4) is 0 Å². The van der Waals surface area contributed by atoms with Crippen LogP contribution in [0, 0.1) is 46.3 Å². The molecule has 3 N–H and O–H groups in total. The first-order valence-corrected chi connectivity index (χ1v) is 17.0. The molecule has 214 valence electrons. The van der Waals surface area contributed by atoms with Gasteiger partial charge in [-0.15, -0.1) is 0 Å². The van der Waals surface area contributed by atoms with Crippen LogP contribution in [0.15, 0.2) is 0 Å². The monoisotopic (exact) mass is 563 g/mol. The zero-order chi connectivity index (χ0) is 27.2. The van der Waals surface area contributed by atoms with Crippen LogP contribution in [0.2, 0.25) is 0 Å². The third-order valence-corrected chi connectivity index (χ3v) is 12.4. The van der Waals surface area contributed by atoms with Gasteiger partial charge in [-0.05, 0) is 111 Å². The molecule has 9 atom stereocenters. The van der Waals surface area contributed by atoms with E-state index < -0.39 is 32.4 Å². The summed E-state index contributed by atoms with van der Waals surface area (Å²) in [6, 6.07) is 0. The smallest absolute Gasteiger partial charge is 0.355 e. The highest BCUT2D eigenvalue weighted by molar-refractivity contribution is 7.85. The zero-order valence-electron chi connectivity index (χ0n) is 22.4. The van der Waals surface area contributed by atoms with Crippen molar-refractivity contribution < 1.29 is 34.9 Å². The Labute approximate surface area is 222 Å². The number of carbonyl (C=O) groups is 1. The average Bonchev–Trinajstić information content (AvgIpc) is 3.13. The molecule has 0 saturated heterocycles. The van der Waals surface area contributed by atoms with Crippen molar-refractivity contribution in [2.24, 2.45) is 46.3 Å². The van der Waals surface area contributed by atoms with E-state index in [9.17, 15) is 21.6 Å². The molecule has 0 spiro atoms. The highest BCUT2D eigenvalue weighted by atomic mass is 32.3. The summed E-state index contributed by atoms with van der Waals surface area (Å²) >= 11 is 0. The second kappa shape index (κ2) is 10.7. The van der Waals surface area contributed by atoms with E-state index in [1.165, 1.54) is 32.1 Å². The maximum absolute atomic E-state index is 12.2. The molecule has 0 radical (unpaired) electrons. The summed E-state index contributed by atoms with van der Waals surface area (Å²) in [6.07, 6.45) is 10.1. The fraction of sp³-hybridized carbons (Fsp3) is 0.962. The third kappa shape index (κ3) is 6.36. The SMILES string of the molecule is C[C@H](CCC(=O)NCCS(=O)(=O)O)[C@H]1CCC2C3CC[C@@H]4C[C@H](OS(=O)(=O)O)CC[C@]4(C)C3CC[C@@]21C. The van der Waals surface area contributed by atoms with Gasteiger partial charge in [0.25, 0.3) is 10.1 Å². The predicted octanol–water partition coefficient (Wildman–Crippen LogP) is 4.25. The van der Waals surface area contributed by atoms with Gasteiger partial charge < -0.3 is 5.32 Å². The van der Waals surface area contributed by atoms with Crippen LogP contribution in [0.4, 0.5) is 0 Å². The van der Waals surface area contributed by atoms with Crippen molar-refractivity contribution in [1.29, 1.82) is 0 Å². The number of hydrogen-bond donors (Lipinski definition) is 3. The lowest BCUT2D eigenvalue weighted by Crippen LogP contribution is -2.54. The van der Waals surface area contributed by atoms with Crippen molar-refractivity contribution in [3.63, 3.8) is 0 Å². The Morgan fingerprint density at radius 2 is 1.65 bits per heavy atom. The van der Waals surface area contributed by atoms with Gasteiger partial charge in [-0.2, -0.15) is 16.8 Å². The minimum atomic E-state index is -4.42. The number of amides is 1. The standard InChI is InChI=1S/C26H45NO8S2/c1-17(4-9-24(28)27-14-15-36(29,30)31)21-7-8-22-20-6-5-18-16-19(35-37(32,33)34)10-12-25(18,2)23(20)11-13-26(21,22)3/h17-23H,4-16H2,1-3H3,(H,27,28)(H,29,30,31)(H,32,33,34)/t17-,18-,19-,20?,21-,22?,23?,25+,26-/m1/s1. The minimum absolute atomic E-state index is 0.0687. The molecule has 0 heterocycles. The minimum Gasteiger partial charge on any atom is -0.355 e. The first kappa shape index (κ1) is 29.2. The summed E-state index contributed by atoms with van der Waals surface area (Å²) in [5.74, 6) is 2.75. The number of hydrogen-bond acceptors (Lipinski definition) is 6. The van der Waals surface area contributed by atoms with Gasteiger partial charge in [-0.3, -0.25) is 13.9 Å². The van der Waals surface area contributed by atoms with Crippen LogP contribution in [0.1, 0.15) is 91.4 Å². The average molecular weight is 564 g/mol. The molecule has 3 unspecified atom stereocenters. The van der Waals surface area contributed by atoms with Crippen molar-refractivity contribution in [3.05, 3.63) is 0 Å². The Kier molecular flexibility index (Phi) is 8.43. The van der Waals surface area contributed by atoms with E-state index in [1.54, 1.807) is 0 Å². The van der Waals surface area contributed by atoms with E-state index in [2.05, 4.69) is 26.1 Å². The number of fused-ring (bicyclic) bond motifs is 5. The Morgan fingerprint density at radius 3 is 2.32 bits per heavy atom. The first-order valence-electron chi connectivity index (χ1n) is 14.0. The molecule has 11 heteroatoms. The maximum Gasteiger partial charge on any atom is 0.397 e.